The summed E-state index contributed by atoms with van der Waals surface area (Å²) >= 11 is 0. The van der Waals surface area contributed by atoms with Crippen molar-refractivity contribution in [2.24, 2.45) is 0 Å². The Kier molecular flexibility index (Phi) is 54.2. The molecule has 0 aromatic carbocycles. The van der Waals surface area contributed by atoms with E-state index < -0.39 is 57.8 Å². The zero-order chi connectivity index (χ0) is 54.1. The minimum atomic E-state index is -4.75. The number of carbonyl (C=O) groups is 3. The van der Waals surface area contributed by atoms with E-state index in [1.54, 1.807) is 0 Å². The third-order valence-electron chi connectivity index (χ3n) is 12.9. The van der Waals surface area contributed by atoms with Crippen LogP contribution in [0.1, 0.15) is 278 Å². The highest BCUT2D eigenvalue weighted by Gasteiger charge is 2.28. The number of rotatable bonds is 56. The minimum Gasteiger partial charge on any atom is -0.462 e. The van der Waals surface area contributed by atoms with E-state index in [0.29, 0.717) is 19.3 Å². The van der Waals surface area contributed by atoms with E-state index in [0.717, 1.165) is 109 Å². The van der Waals surface area contributed by atoms with Crippen molar-refractivity contribution in [3.05, 3.63) is 60.8 Å². The van der Waals surface area contributed by atoms with Crippen molar-refractivity contribution < 1.29 is 52.2 Å². The van der Waals surface area contributed by atoms with Gasteiger partial charge in [-0.1, -0.05) is 236 Å². The number of aliphatic hydroxyl groups excluding tert-OH is 1. The van der Waals surface area contributed by atoms with Crippen LogP contribution in [0.4, 0.5) is 0 Å². The lowest BCUT2D eigenvalue weighted by Gasteiger charge is -2.21. The lowest BCUT2D eigenvalue weighted by Crippen LogP contribution is -2.30. The monoisotopic (exact) mass is 1060 g/mol. The molecule has 11 nitrogen and oxygen atoms in total. The van der Waals surface area contributed by atoms with Crippen LogP contribution in [0.2, 0.25) is 0 Å². The van der Waals surface area contributed by atoms with Crippen LogP contribution in [0.3, 0.4) is 0 Å². The normalized spacial score (nSPS) is 13.7. The third kappa shape index (κ3) is 54.0. The lowest BCUT2D eigenvalue weighted by molar-refractivity contribution is -0.161. The van der Waals surface area contributed by atoms with E-state index >= 15 is 0 Å². The molecule has 0 bridgehead atoms. The summed E-state index contributed by atoms with van der Waals surface area (Å²) < 4.78 is 39.6. The van der Waals surface area contributed by atoms with Crippen molar-refractivity contribution in [3.63, 3.8) is 0 Å². The topological polar surface area (TPSA) is 155 Å². The molecule has 0 aliphatic heterocycles. The van der Waals surface area contributed by atoms with Crippen LogP contribution in [0.5, 0.6) is 0 Å². The first-order valence-corrected chi connectivity index (χ1v) is 31.7. The highest BCUT2D eigenvalue weighted by molar-refractivity contribution is 7.47. The van der Waals surface area contributed by atoms with Gasteiger partial charge in [-0.3, -0.25) is 23.4 Å². The van der Waals surface area contributed by atoms with Gasteiger partial charge in [-0.2, -0.15) is 0 Å². The van der Waals surface area contributed by atoms with E-state index in [4.69, 9.17) is 23.3 Å². The summed E-state index contributed by atoms with van der Waals surface area (Å²) in [6, 6.07) is 0. The largest absolute Gasteiger partial charge is 0.472 e. The second kappa shape index (κ2) is 56.4. The summed E-state index contributed by atoms with van der Waals surface area (Å²) in [5.74, 6) is -1.49. The first-order valence-electron chi connectivity index (χ1n) is 30.2. The van der Waals surface area contributed by atoms with Crippen molar-refractivity contribution in [1.29, 1.82) is 0 Å². The van der Waals surface area contributed by atoms with Crippen LogP contribution >= 0.6 is 7.82 Å². The smallest absolute Gasteiger partial charge is 0.462 e. The predicted molar refractivity (Wildman–Crippen MR) is 307 cm³/mol. The standard InChI is InChI=1S/C62H111O11P/c1-4-7-10-13-16-19-22-25-28-29-32-33-36-39-42-45-48-51-60(64)69-55-59(73-62(66)53-50-47-44-41-38-35-31-27-24-21-18-15-12-9-6-3)57-71-74(67,68)70-56-58(54-63)72-61(65)52-49-46-43-40-37-34-30-26-23-20-17-14-11-8-5-2/h7,10,16,19,25,27-28,31-33,58-59,63H,4-6,8-9,11-15,17-18,20-24,26,29-30,34-57H2,1-3H3,(H,67,68)/b10-7-,19-16-,28-25-,31-27-,33-32-. The second-order valence-electron chi connectivity index (χ2n) is 20.1. The van der Waals surface area contributed by atoms with Gasteiger partial charge < -0.3 is 24.2 Å². The SMILES string of the molecule is CC/C=C\C/C=C\C/C=C\C/C=C\CCCCCCC(=O)OCC(COP(=O)(O)OCC(CO)OC(=O)CCCCCCCCCCCCCCCCC)OC(=O)CCCCCCC/C=C\CCCCCCCC. The number of carbonyl (C=O) groups excluding carboxylic acids is 3. The molecule has 0 radical (unpaired) electrons. The summed E-state index contributed by atoms with van der Waals surface area (Å²) in [6.07, 6.45) is 61.7. The first-order chi connectivity index (χ1) is 36.2. The van der Waals surface area contributed by atoms with Gasteiger partial charge in [0.2, 0.25) is 0 Å². The fraction of sp³-hybridized carbons (Fsp3) is 0.790. The molecule has 0 heterocycles. The van der Waals surface area contributed by atoms with Gasteiger partial charge in [0.1, 0.15) is 12.7 Å². The maximum atomic E-state index is 12.9. The van der Waals surface area contributed by atoms with Gasteiger partial charge in [0.15, 0.2) is 6.10 Å². The molecular formula is C62H111O11P. The van der Waals surface area contributed by atoms with Crippen molar-refractivity contribution >= 4 is 25.7 Å². The summed E-state index contributed by atoms with van der Waals surface area (Å²) in [5, 5.41) is 9.83. The number of hydrogen-bond acceptors (Lipinski definition) is 10. The molecule has 2 N–H and O–H groups in total. The molecule has 74 heavy (non-hydrogen) atoms. The van der Waals surface area contributed by atoms with E-state index in [1.165, 1.54) is 109 Å². The van der Waals surface area contributed by atoms with Crippen LogP contribution in [0.25, 0.3) is 0 Å². The zero-order valence-electron chi connectivity index (χ0n) is 47.6. The fourth-order valence-corrected chi connectivity index (χ4v) is 9.13. The quantitative estimate of drug-likeness (QED) is 0.0197. The number of unbranched alkanes of at least 4 members (excludes halogenated alkanes) is 29. The molecule has 12 heteroatoms. The molecule has 0 aromatic heterocycles. The van der Waals surface area contributed by atoms with E-state index in [2.05, 4.69) is 81.5 Å². The Hall–Kier alpha value is -2.82. The number of phosphoric acid groups is 1. The summed E-state index contributed by atoms with van der Waals surface area (Å²) in [5.41, 5.74) is 0. The first kappa shape index (κ1) is 71.2. The van der Waals surface area contributed by atoms with Gasteiger partial charge in [-0.05, 0) is 83.5 Å². The molecule has 3 atom stereocenters. The van der Waals surface area contributed by atoms with Gasteiger partial charge >= 0.3 is 25.7 Å². The second-order valence-corrected chi connectivity index (χ2v) is 21.6. The van der Waals surface area contributed by atoms with E-state index in [-0.39, 0.29) is 25.9 Å². The van der Waals surface area contributed by atoms with Crippen molar-refractivity contribution in [1.82, 2.24) is 0 Å². The van der Waals surface area contributed by atoms with Crippen molar-refractivity contribution in [2.45, 2.75) is 290 Å². The van der Waals surface area contributed by atoms with Crippen LogP contribution in [0, 0.1) is 0 Å². The Labute approximate surface area is 453 Å². The molecule has 430 valence electrons. The van der Waals surface area contributed by atoms with Crippen LogP contribution < -0.4 is 0 Å². The number of ether oxygens (including phenoxy) is 3. The summed E-state index contributed by atoms with van der Waals surface area (Å²) in [6.45, 7) is 4.53. The lowest BCUT2D eigenvalue weighted by atomic mass is 10.0. The molecule has 0 aromatic rings. The molecule has 0 amide bonds. The van der Waals surface area contributed by atoms with Gasteiger partial charge in [0.05, 0.1) is 19.8 Å². The number of aliphatic hydroxyl groups is 1. The van der Waals surface area contributed by atoms with Gasteiger partial charge in [-0.15, -0.1) is 0 Å². The number of esters is 3. The Morgan fingerprint density at radius 2 is 0.703 bits per heavy atom. The highest BCUT2D eigenvalue weighted by atomic mass is 31.2. The van der Waals surface area contributed by atoms with Crippen molar-refractivity contribution in [3.8, 4) is 0 Å². The molecule has 0 saturated heterocycles. The van der Waals surface area contributed by atoms with Crippen molar-refractivity contribution in [2.75, 3.05) is 26.4 Å². The third-order valence-corrected chi connectivity index (χ3v) is 13.9. The Morgan fingerprint density at radius 1 is 0.392 bits per heavy atom. The van der Waals surface area contributed by atoms with Gasteiger partial charge in [-0.25, -0.2) is 4.57 Å². The molecule has 0 aliphatic rings. The van der Waals surface area contributed by atoms with Crippen LogP contribution in [-0.4, -0.2) is 66.5 Å². The molecule has 0 aliphatic carbocycles. The average Bonchev–Trinajstić information content (AvgIpc) is 3.39. The molecule has 0 spiro atoms. The van der Waals surface area contributed by atoms with Crippen LogP contribution in [-0.2, 0) is 42.2 Å². The number of hydrogen-bond donors (Lipinski definition) is 2. The molecule has 3 unspecified atom stereocenters. The average molecular weight is 1060 g/mol. The number of phosphoric ester groups is 1. The Bertz CT molecular complexity index is 1470. The molecular weight excluding hydrogens is 952 g/mol. The molecule has 0 fully saturated rings. The summed E-state index contributed by atoms with van der Waals surface area (Å²) in [7, 11) is -4.75. The molecule has 0 rings (SSSR count). The van der Waals surface area contributed by atoms with Crippen LogP contribution in [0.15, 0.2) is 60.8 Å². The Balaban J connectivity index is 4.74. The van der Waals surface area contributed by atoms with Gasteiger partial charge in [0.25, 0.3) is 0 Å². The fourth-order valence-electron chi connectivity index (χ4n) is 8.34. The maximum absolute atomic E-state index is 12.9. The number of allylic oxidation sites excluding steroid dienone is 10. The van der Waals surface area contributed by atoms with E-state index in [1.807, 2.05) is 0 Å². The maximum Gasteiger partial charge on any atom is 0.472 e. The summed E-state index contributed by atoms with van der Waals surface area (Å²) in [4.78, 5) is 48.6. The highest BCUT2D eigenvalue weighted by Crippen LogP contribution is 2.43. The predicted octanol–water partition coefficient (Wildman–Crippen LogP) is 17.9. The van der Waals surface area contributed by atoms with E-state index in [9.17, 15) is 28.9 Å². The minimum absolute atomic E-state index is 0.153. The Morgan fingerprint density at radius 3 is 1.09 bits per heavy atom. The zero-order valence-corrected chi connectivity index (χ0v) is 48.5. The molecule has 0 saturated carbocycles. The van der Waals surface area contributed by atoms with Gasteiger partial charge in [0, 0.05) is 19.3 Å².